The van der Waals surface area contributed by atoms with Crippen molar-refractivity contribution in [3.8, 4) is 44.5 Å². The molecule has 1 aromatic heterocycles. The fraction of sp³-hybridized carbons (Fsp3) is 0.0612. The molecule has 0 radical (unpaired) electrons. The van der Waals surface area contributed by atoms with Gasteiger partial charge in [0.2, 0.25) is 0 Å². The molecule has 1 N–H and O–H groups in total. The van der Waals surface area contributed by atoms with Crippen LogP contribution in [0.25, 0.3) is 61.2 Å². The Morgan fingerprint density at radius 2 is 0.963 bits per heavy atom. The van der Waals surface area contributed by atoms with E-state index in [0.29, 0.717) is 0 Å². The van der Waals surface area contributed by atoms with E-state index >= 15 is 0 Å². The van der Waals surface area contributed by atoms with Gasteiger partial charge in [-0.1, -0.05) is 158 Å². The molecule has 9 rings (SSSR count). The minimum atomic E-state index is -0.180. The van der Waals surface area contributed by atoms with Crippen LogP contribution in [0.5, 0.6) is 0 Å². The molecule has 0 fully saturated rings. The highest BCUT2D eigenvalue weighted by Gasteiger charge is 2.20. The van der Waals surface area contributed by atoms with Gasteiger partial charge in [-0.25, -0.2) is 4.79 Å². The van der Waals surface area contributed by atoms with Crippen LogP contribution < -0.4 is 11.0 Å². The van der Waals surface area contributed by atoms with E-state index in [1.165, 1.54) is 27.8 Å². The zero-order valence-corrected chi connectivity index (χ0v) is 30.1. The van der Waals surface area contributed by atoms with E-state index in [-0.39, 0.29) is 11.7 Å². The maximum atomic E-state index is 12.5. The number of aliphatic imine (C=N–C) groups is 1. The molecule has 1 unspecified atom stereocenters. The molecule has 1 aliphatic heterocycles. The molecule has 2 heterocycles. The number of aryl methyl sites for hydroxylation is 2. The smallest absolute Gasteiger partial charge is 0.328 e. The topological polar surface area (TPSA) is 51.3 Å². The number of nitrogens with one attached hydrogen (secondary N) is 1. The highest BCUT2D eigenvalue weighted by molar-refractivity contribution is 6.05. The van der Waals surface area contributed by atoms with Gasteiger partial charge in [0, 0.05) is 25.4 Å². The van der Waals surface area contributed by atoms with Gasteiger partial charge in [0.1, 0.15) is 5.84 Å². The van der Waals surface area contributed by atoms with Crippen LogP contribution in [-0.2, 0) is 14.1 Å². The molecule has 0 spiro atoms. The summed E-state index contributed by atoms with van der Waals surface area (Å²) in [7, 11) is 3.63. The zero-order chi connectivity index (χ0) is 36.6. The number of amidine groups is 1. The maximum Gasteiger partial charge on any atom is 0.328 e. The number of fused-ring (bicyclic) bond motifs is 1. The maximum absolute atomic E-state index is 12.5. The molecule has 0 aliphatic carbocycles. The van der Waals surface area contributed by atoms with Crippen LogP contribution in [0.15, 0.2) is 192 Å². The Morgan fingerprint density at radius 3 is 1.65 bits per heavy atom. The summed E-state index contributed by atoms with van der Waals surface area (Å²) < 4.78 is 3.38. The summed E-state index contributed by atoms with van der Waals surface area (Å²) in [6.07, 6.45) is 2.21. The number of rotatable bonds is 7. The van der Waals surface area contributed by atoms with Crippen molar-refractivity contribution in [1.82, 2.24) is 14.5 Å². The normalized spacial score (nSPS) is 14.0. The third-order valence-electron chi connectivity index (χ3n) is 10.5. The molecule has 5 heteroatoms. The first-order valence-corrected chi connectivity index (χ1v) is 18.2. The number of hydrogen-bond acceptors (Lipinski definition) is 3. The Labute approximate surface area is 314 Å². The molecular weight excluding hydrogens is 661 g/mol. The van der Waals surface area contributed by atoms with Gasteiger partial charge in [-0.05, 0) is 79.9 Å². The van der Waals surface area contributed by atoms with E-state index in [2.05, 4.69) is 163 Å². The predicted molar refractivity (Wildman–Crippen MR) is 223 cm³/mol. The van der Waals surface area contributed by atoms with Crippen molar-refractivity contribution in [3.63, 3.8) is 0 Å². The van der Waals surface area contributed by atoms with Crippen LogP contribution in [-0.4, -0.2) is 15.0 Å². The Morgan fingerprint density at radius 1 is 0.463 bits per heavy atom. The van der Waals surface area contributed by atoms with Crippen molar-refractivity contribution in [3.05, 3.63) is 209 Å². The van der Waals surface area contributed by atoms with Crippen LogP contribution in [0.2, 0.25) is 0 Å². The summed E-state index contributed by atoms with van der Waals surface area (Å²) >= 11 is 0. The van der Waals surface area contributed by atoms with Gasteiger partial charge in [0.25, 0.3) is 0 Å². The van der Waals surface area contributed by atoms with E-state index in [9.17, 15) is 4.79 Å². The second-order valence-electron chi connectivity index (χ2n) is 13.8. The Balaban J connectivity index is 1.06. The first-order valence-electron chi connectivity index (χ1n) is 18.2. The Kier molecular flexibility index (Phi) is 8.45. The lowest BCUT2D eigenvalue weighted by molar-refractivity contribution is 0.795. The first kappa shape index (κ1) is 32.9. The number of nitrogens with zero attached hydrogens (tertiary/aromatic N) is 3. The molecule has 1 atom stereocenters. The van der Waals surface area contributed by atoms with Gasteiger partial charge in [-0.3, -0.25) is 14.1 Å². The van der Waals surface area contributed by atoms with E-state index < -0.39 is 0 Å². The average Bonchev–Trinajstić information content (AvgIpc) is 3.47. The summed E-state index contributed by atoms with van der Waals surface area (Å²) in [5.74, 6) is 0.838. The minimum Gasteiger partial charge on any atom is -0.340 e. The second-order valence-corrected chi connectivity index (χ2v) is 13.8. The summed E-state index contributed by atoms with van der Waals surface area (Å²) in [6.45, 7) is 0. The molecule has 7 aromatic carbocycles. The number of aromatic nitrogens is 2. The molecule has 260 valence electrons. The molecule has 0 bridgehead atoms. The molecule has 5 nitrogen and oxygen atoms in total. The van der Waals surface area contributed by atoms with Crippen LogP contribution in [0, 0.1) is 0 Å². The number of imidazole rings is 1. The average molecular weight is 699 g/mol. The third kappa shape index (κ3) is 6.16. The number of benzene rings is 7. The molecule has 1 aliphatic rings. The zero-order valence-electron chi connectivity index (χ0n) is 30.1. The van der Waals surface area contributed by atoms with Gasteiger partial charge in [-0.2, -0.15) is 0 Å². The van der Waals surface area contributed by atoms with Crippen LogP contribution in [0.1, 0.15) is 22.7 Å². The lowest BCUT2D eigenvalue weighted by Crippen LogP contribution is -2.27. The van der Waals surface area contributed by atoms with Gasteiger partial charge in [0.15, 0.2) is 0 Å². The quantitative estimate of drug-likeness (QED) is 0.180. The molecule has 0 saturated carbocycles. The SMILES string of the molecule is Cn1c(=O)n(C)c2cc(-c3ccc(C4=CC(c5ccc(-c6ccc(-c7ccccc7)cc6-c6ccccc6)cc5)N=C(c5ccccc5)N4)cc3)ccc21. The van der Waals surface area contributed by atoms with E-state index in [1.54, 1.807) is 9.13 Å². The molecule has 54 heavy (non-hydrogen) atoms. The van der Waals surface area contributed by atoms with Crippen molar-refractivity contribution >= 4 is 22.6 Å². The highest BCUT2D eigenvalue weighted by Crippen LogP contribution is 2.37. The number of hydrogen-bond donors (Lipinski definition) is 1. The van der Waals surface area contributed by atoms with Gasteiger partial charge in [-0.15, -0.1) is 0 Å². The van der Waals surface area contributed by atoms with E-state index in [0.717, 1.165) is 55.9 Å². The van der Waals surface area contributed by atoms with Crippen molar-refractivity contribution in [2.45, 2.75) is 6.04 Å². The van der Waals surface area contributed by atoms with Gasteiger partial charge in [0.05, 0.1) is 17.1 Å². The van der Waals surface area contributed by atoms with E-state index in [1.807, 2.05) is 38.4 Å². The molecule has 0 saturated heterocycles. The van der Waals surface area contributed by atoms with Crippen LogP contribution >= 0.6 is 0 Å². The lowest BCUT2D eigenvalue weighted by atomic mass is 9.90. The molecular formula is C49H38N4O. The summed E-state index contributed by atoms with van der Waals surface area (Å²) in [4.78, 5) is 17.7. The lowest BCUT2D eigenvalue weighted by Gasteiger charge is -2.23. The predicted octanol–water partition coefficient (Wildman–Crippen LogP) is 10.7. The molecule has 8 aromatic rings. The first-order chi connectivity index (χ1) is 26.5. The van der Waals surface area contributed by atoms with Crippen molar-refractivity contribution in [2.24, 2.45) is 19.1 Å². The van der Waals surface area contributed by atoms with Crippen molar-refractivity contribution < 1.29 is 0 Å². The van der Waals surface area contributed by atoms with Crippen molar-refractivity contribution in [2.75, 3.05) is 0 Å². The fourth-order valence-electron chi connectivity index (χ4n) is 7.47. The Hall–Kier alpha value is -6.98. The highest BCUT2D eigenvalue weighted by atomic mass is 16.1. The van der Waals surface area contributed by atoms with Gasteiger partial charge < -0.3 is 5.32 Å². The second kappa shape index (κ2) is 13.9. The monoisotopic (exact) mass is 698 g/mol. The minimum absolute atomic E-state index is 0.0256. The van der Waals surface area contributed by atoms with E-state index in [4.69, 9.17) is 4.99 Å². The summed E-state index contributed by atoms with van der Waals surface area (Å²) in [6, 6.07) is 61.7. The third-order valence-corrected chi connectivity index (χ3v) is 10.5. The van der Waals surface area contributed by atoms with Crippen molar-refractivity contribution in [1.29, 1.82) is 0 Å². The van der Waals surface area contributed by atoms with Crippen LogP contribution in [0.4, 0.5) is 0 Å². The van der Waals surface area contributed by atoms with Crippen LogP contribution in [0.3, 0.4) is 0 Å². The summed E-state index contributed by atoms with van der Waals surface area (Å²) in [5.41, 5.74) is 15.3. The standard InChI is InChI=1S/C49H38N4O/c1-52-46-29-27-41(31-47(46)53(2)49(52)54)34-18-22-37(23-19-34)44-32-45(51-48(50-44)39-16-10-5-11-17-39)38-24-20-36(21-25-38)42-28-26-40(33-12-6-3-7-13-33)30-43(42)35-14-8-4-9-15-35/h3-32,45H,1-2H3,(H,50,51). The fourth-order valence-corrected chi connectivity index (χ4v) is 7.47. The Bertz CT molecular complexity index is 2740. The molecule has 0 amide bonds. The van der Waals surface area contributed by atoms with Gasteiger partial charge >= 0.3 is 5.69 Å². The largest absolute Gasteiger partial charge is 0.340 e. The summed E-state index contributed by atoms with van der Waals surface area (Å²) in [5, 5.41) is 3.64.